The molecule has 0 spiro atoms. The average molecular weight is 280 g/mol. The average Bonchev–Trinajstić information content (AvgIpc) is 2.48. The number of hydrogen-bond donors (Lipinski definition) is 2. The van der Waals surface area contributed by atoms with Crippen LogP contribution in [0.1, 0.15) is 33.6 Å². The van der Waals surface area contributed by atoms with Gasteiger partial charge in [0, 0.05) is 25.3 Å². The fraction of sp³-hybridized carbons (Fsp3) is 0.812. The van der Waals surface area contributed by atoms with E-state index >= 15 is 0 Å². The molecule has 4 nitrogen and oxygen atoms in total. The van der Waals surface area contributed by atoms with Crippen molar-refractivity contribution in [3.8, 4) is 0 Å². The molecule has 0 aromatic rings. The Hall–Kier alpha value is -0.710. The molecule has 0 aliphatic carbocycles. The van der Waals surface area contributed by atoms with Crippen molar-refractivity contribution in [1.82, 2.24) is 10.2 Å². The van der Waals surface area contributed by atoms with E-state index in [9.17, 15) is 0 Å². The van der Waals surface area contributed by atoms with E-state index < -0.39 is 0 Å². The highest BCUT2D eigenvalue weighted by Gasteiger charge is 2.12. The van der Waals surface area contributed by atoms with Crippen LogP contribution in [0, 0.1) is 5.92 Å². The van der Waals surface area contributed by atoms with Crippen LogP contribution in [-0.4, -0.2) is 56.4 Å². The van der Waals surface area contributed by atoms with Gasteiger partial charge in [0.15, 0.2) is 0 Å². The Labute approximate surface area is 124 Å². The molecule has 0 radical (unpaired) electrons. The summed E-state index contributed by atoms with van der Waals surface area (Å²) in [6, 6.07) is 0. The molecule has 116 valence electrons. The van der Waals surface area contributed by atoms with Crippen molar-refractivity contribution in [3.05, 3.63) is 11.6 Å². The SMILES string of the molecule is CCN(CC)CCCCNCC1=NCC(C)C(CN)=C1. The van der Waals surface area contributed by atoms with Crippen LogP contribution in [0.15, 0.2) is 16.6 Å². The van der Waals surface area contributed by atoms with E-state index in [1.165, 1.54) is 25.0 Å². The first-order valence-electron chi connectivity index (χ1n) is 8.08. The fourth-order valence-electron chi connectivity index (χ4n) is 2.48. The monoisotopic (exact) mass is 280 g/mol. The summed E-state index contributed by atoms with van der Waals surface area (Å²) in [6.07, 6.45) is 4.67. The first kappa shape index (κ1) is 17.3. The number of nitrogens with zero attached hydrogens (tertiary/aromatic N) is 2. The Morgan fingerprint density at radius 1 is 1.35 bits per heavy atom. The van der Waals surface area contributed by atoms with Gasteiger partial charge in [-0.1, -0.05) is 26.3 Å². The van der Waals surface area contributed by atoms with Crippen LogP contribution in [0.25, 0.3) is 0 Å². The molecule has 1 atom stereocenters. The zero-order chi connectivity index (χ0) is 14.8. The molecule has 0 amide bonds. The van der Waals surface area contributed by atoms with Gasteiger partial charge in [0.1, 0.15) is 0 Å². The molecular formula is C16H32N4. The maximum Gasteiger partial charge on any atom is 0.0486 e. The summed E-state index contributed by atoms with van der Waals surface area (Å²) in [4.78, 5) is 7.07. The smallest absolute Gasteiger partial charge is 0.0486 e. The second-order valence-electron chi connectivity index (χ2n) is 5.57. The Bertz CT molecular complexity index is 318. The van der Waals surface area contributed by atoms with Gasteiger partial charge in [-0.3, -0.25) is 4.99 Å². The molecule has 4 heteroatoms. The van der Waals surface area contributed by atoms with Crippen LogP contribution >= 0.6 is 0 Å². The van der Waals surface area contributed by atoms with Gasteiger partial charge in [0.05, 0.1) is 0 Å². The Morgan fingerprint density at radius 2 is 2.10 bits per heavy atom. The lowest BCUT2D eigenvalue weighted by atomic mass is 9.97. The zero-order valence-corrected chi connectivity index (χ0v) is 13.5. The highest BCUT2D eigenvalue weighted by atomic mass is 15.1. The van der Waals surface area contributed by atoms with E-state index in [2.05, 4.69) is 42.1 Å². The molecule has 1 aliphatic heterocycles. The molecule has 0 aromatic carbocycles. The third kappa shape index (κ3) is 6.16. The number of aliphatic imine (C=N–C) groups is 1. The van der Waals surface area contributed by atoms with Crippen LogP contribution in [0.3, 0.4) is 0 Å². The van der Waals surface area contributed by atoms with E-state index in [4.69, 9.17) is 5.73 Å². The van der Waals surface area contributed by atoms with Crippen molar-refractivity contribution >= 4 is 5.71 Å². The molecule has 20 heavy (non-hydrogen) atoms. The Kier molecular flexibility index (Phi) is 8.74. The summed E-state index contributed by atoms with van der Waals surface area (Å²) in [5, 5.41) is 3.49. The van der Waals surface area contributed by atoms with Crippen LogP contribution in [0.4, 0.5) is 0 Å². The molecule has 0 saturated carbocycles. The number of rotatable bonds is 10. The van der Waals surface area contributed by atoms with E-state index in [0.29, 0.717) is 12.5 Å². The number of unbranched alkanes of at least 4 members (excludes halogenated alkanes) is 1. The van der Waals surface area contributed by atoms with E-state index in [1.807, 2.05) is 0 Å². The summed E-state index contributed by atoms with van der Waals surface area (Å²) in [7, 11) is 0. The lowest BCUT2D eigenvalue weighted by Crippen LogP contribution is -2.28. The number of hydrogen-bond acceptors (Lipinski definition) is 4. The molecule has 1 heterocycles. The van der Waals surface area contributed by atoms with Crippen LogP contribution in [0.5, 0.6) is 0 Å². The third-order valence-corrected chi connectivity index (χ3v) is 4.07. The fourth-order valence-corrected chi connectivity index (χ4v) is 2.48. The van der Waals surface area contributed by atoms with Gasteiger partial charge in [0.2, 0.25) is 0 Å². The van der Waals surface area contributed by atoms with Crippen LogP contribution in [0.2, 0.25) is 0 Å². The number of dihydropyridines is 1. The molecule has 3 N–H and O–H groups in total. The third-order valence-electron chi connectivity index (χ3n) is 4.07. The first-order valence-corrected chi connectivity index (χ1v) is 8.08. The van der Waals surface area contributed by atoms with Crippen molar-refractivity contribution in [1.29, 1.82) is 0 Å². The lowest BCUT2D eigenvalue weighted by Gasteiger charge is -2.19. The second-order valence-corrected chi connectivity index (χ2v) is 5.57. The largest absolute Gasteiger partial charge is 0.327 e. The topological polar surface area (TPSA) is 53.6 Å². The normalized spacial score (nSPS) is 19.1. The molecule has 1 aliphatic rings. The highest BCUT2D eigenvalue weighted by molar-refractivity contribution is 5.97. The minimum Gasteiger partial charge on any atom is -0.327 e. The molecule has 0 fully saturated rings. The minimum absolute atomic E-state index is 0.512. The summed E-state index contributed by atoms with van der Waals surface area (Å²) in [5.74, 6) is 0.512. The van der Waals surface area contributed by atoms with Gasteiger partial charge in [-0.15, -0.1) is 0 Å². The molecule has 0 bridgehead atoms. The predicted molar refractivity (Wildman–Crippen MR) is 88.5 cm³/mol. The molecule has 1 rings (SSSR count). The minimum atomic E-state index is 0.512. The first-order chi connectivity index (χ1) is 9.71. The summed E-state index contributed by atoms with van der Waals surface area (Å²) in [5.41, 5.74) is 8.25. The van der Waals surface area contributed by atoms with Crippen molar-refractivity contribution in [2.45, 2.75) is 33.6 Å². The van der Waals surface area contributed by atoms with Gasteiger partial charge in [-0.2, -0.15) is 0 Å². The van der Waals surface area contributed by atoms with Crippen LogP contribution in [-0.2, 0) is 0 Å². The zero-order valence-electron chi connectivity index (χ0n) is 13.5. The number of nitrogens with one attached hydrogen (secondary N) is 1. The maximum atomic E-state index is 5.76. The van der Waals surface area contributed by atoms with E-state index in [1.54, 1.807) is 0 Å². The van der Waals surface area contributed by atoms with Crippen LogP contribution < -0.4 is 11.1 Å². The summed E-state index contributed by atoms with van der Waals surface area (Å²) < 4.78 is 0. The van der Waals surface area contributed by atoms with Crippen molar-refractivity contribution < 1.29 is 0 Å². The standard InChI is InChI=1S/C16H32N4/c1-4-20(5-2)9-7-6-8-18-13-16-10-15(11-17)14(3)12-19-16/h10,14,18H,4-9,11-13,17H2,1-3H3. The molecule has 1 unspecified atom stereocenters. The number of nitrogens with two attached hydrogens (primary N) is 1. The van der Waals surface area contributed by atoms with Gasteiger partial charge in [-0.05, 0) is 51.0 Å². The Balaban J connectivity index is 2.11. The molecule has 0 saturated heterocycles. The van der Waals surface area contributed by atoms with E-state index in [0.717, 1.165) is 38.4 Å². The van der Waals surface area contributed by atoms with Gasteiger partial charge >= 0.3 is 0 Å². The van der Waals surface area contributed by atoms with E-state index in [-0.39, 0.29) is 0 Å². The van der Waals surface area contributed by atoms with Crippen molar-refractivity contribution in [3.63, 3.8) is 0 Å². The molecular weight excluding hydrogens is 248 g/mol. The summed E-state index contributed by atoms with van der Waals surface area (Å²) >= 11 is 0. The van der Waals surface area contributed by atoms with Gasteiger partial charge < -0.3 is 16.0 Å². The van der Waals surface area contributed by atoms with Gasteiger partial charge in [0.25, 0.3) is 0 Å². The molecule has 0 aromatic heterocycles. The second kappa shape index (κ2) is 10.1. The van der Waals surface area contributed by atoms with Gasteiger partial charge in [-0.25, -0.2) is 0 Å². The predicted octanol–water partition coefficient (Wildman–Crippen LogP) is 1.67. The lowest BCUT2D eigenvalue weighted by molar-refractivity contribution is 0.296. The maximum absolute atomic E-state index is 5.76. The summed E-state index contributed by atoms with van der Waals surface area (Å²) in [6.45, 7) is 13.7. The van der Waals surface area contributed by atoms with Crippen molar-refractivity contribution in [2.75, 3.05) is 45.8 Å². The van der Waals surface area contributed by atoms with Crippen molar-refractivity contribution in [2.24, 2.45) is 16.6 Å². The highest BCUT2D eigenvalue weighted by Crippen LogP contribution is 2.14. The Morgan fingerprint density at radius 3 is 2.75 bits per heavy atom. The quantitative estimate of drug-likeness (QED) is 0.599.